The quantitative estimate of drug-likeness (QED) is 0.715. The van der Waals surface area contributed by atoms with E-state index in [9.17, 15) is 0 Å². The number of aryl methyl sites for hydroxylation is 1. The van der Waals surface area contributed by atoms with E-state index in [1.54, 1.807) is 0 Å². The number of likely N-dealkylation sites (N-methyl/N-ethyl adjacent to an activating group) is 1. The van der Waals surface area contributed by atoms with Gasteiger partial charge in [-0.25, -0.2) is 0 Å². The summed E-state index contributed by atoms with van der Waals surface area (Å²) in [6.07, 6.45) is 7.74. The molecule has 0 radical (unpaired) electrons. The molecule has 0 fully saturated rings. The maximum Gasteiger partial charge on any atom is 0.0538 e. The Bertz CT molecular complexity index is 295. The molecule has 0 aromatic carbocycles. The van der Waals surface area contributed by atoms with Crippen molar-refractivity contribution in [3.8, 4) is 0 Å². The van der Waals surface area contributed by atoms with Gasteiger partial charge >= 0.3 is 0 Å². The monoisotopic (exact) mass is 224 g/mol. The van der Waals surface area contributed by atoms with Gasteiger partial charge in [0, 0.05) is 31.4 Å². The molecule has 0 spiro atoms. The van der Waals surface area contributed by atoms with Gasteiger partial charge in [0.1, 0.15) is 0 Å². The zero-order valence-electron chi connectivity index (χ0n) is 10.7. The van der Waals surface area contributed by atoms with Gasteiger partial charge in [0.05, 0.1) is 6.20 Å². The van der Waals surface area contributed by atoms with Gasteiger partial charge in [-0.3, -0.25) is 9.58 Å². The molecule has 1 unspecified atom stereocenters. The van der Waals surface area contributed by atoms with Gasteiger partial charge in [0.25, 0.3) is 0 Å². The highest BCUT2D eigenvalue weighted by molar-refractivity contribution is 5.10. The van der Waals surface area contributed by atoms with Crippen LogP contribution in [0.3, 0.4) is 0 Å². The third kappa shape index (κ3) is 3.61. The highest BCUT2D eigenvalue weighted by Crippen LogP contribution is 2.17. The fourth-order valence-electron chi connectivity index (χ4n) is 1.95. The first-order chi connectivity index (χ1) is 7.69. The third-order valence-electron chi connectivity index (χ3n) is 2.98. The topological polar surface area (TPSA) is 47.1 Å². The Morgan fingerprint density at radius 3 is 2.75 bits per heavy atom. The Kier molecular flexibility index (Phi) is 5.49. The summed E-state index contributed by atoms with van der Waals surface area (Å²) in [7, 11) is 4.08. The molecule has 4 nitrogen and oxygen atoms in total. The van der Waals surface area contributed by atoms with E-state index in [2.05, 4.69) is 24.0 Å². The molecular weight excluding hydrogens is 200 g/mol. The second-order valence-corrected chi connectivity index (χ2v) is 4.39. The van der Waals surface area contributed by atoms with Crippen LogP contribution < -0.4 is 5.73 Å². The van der Waals surface area contributed by atoms with Gasteiger partial charge < -0.3 is 5.73 Å². The number of nitrogens with two attached hydrogens (primary N) is 1. The number of hydrogen-bond acceptors (Lipinski definition) is 3. The van der Waals surface area contributed by atoms with Crippen molar-refractivity contribution in [2.75, 3.05) is 20.1 Å². The number of nitrogens with zero attached hydrogens (tertiary/aromatic N) is 3. The van der Waals surface area contributed by atoms with Gasteiger partial charge in [-0.2, -0.15) is 5.10 Å². The summed E-state index contributed by atoms with van der Waals surface area (Å²) >= 11 is 0. The molecule has 1 aromatic rings. The molecule has 0 saturated carbocycles. The Morgan fingerprint density at radius 2 is 2.25 bits per heavy atom. The second-order valence-electron chi connectivity index (χ2n) is 4.39. The minimum atomic E-state index is 0.297. The molecule has 0 aliphatic heterocycles. The molecule has 16 heavy (non-hydrogen) atoms. The minimum absolute atomic E-state index is 0.297. The lowest BCUT2D eigenvalue weighted by atomic mass is 10.1. The molecule has 4 heteroatoms. The molecule has 2 N–H and O–H groups in total. The van der Waals surface area contributed by atoms with Crippen LogP contribution in [0.5, 0.6) is 0 Å². The maximum atomic E-state index is 5.84. The fraction of sp³-hybridized carbons (Fsp3) is 0.750. The van der Waals surface area contributed by atoms with Crippen molar-refractivity contribution in [1.82, 2.24) is 14.7 Å². The van der Waals surface area contributed by atoms with Crippen LogP contribution in [0.15, 0.2) is 12.4 Å². The van der Waals surface area contributed by atoms with E-state index in [1.807, 2.05) is 24.1 Å². The average molecular weight is 224 g/mol. The van der Waals surface area contributed by atoms with Crippen molar-refractivity contribution >= 4 is 0 Å². The van der Waals surface area contributed by atoms with E-state index in [4.69, 9.17) is 5.73 Å². The highest BCUT2D eigenvalue weighted by Gasteiger charge is 2.16. The highest BCUT2D eigenvalue weighted by atomic mass is 15.2. The van der Waals surface area contributed by atoms with Crippen LogP contribution in [0.2, 0.25) is 0 Å². The van der Waals surface area contributed by atoms with Crippen LogP contribution in [0, 0.1) is 0 Å². The molecule has 1 atom stereocenters. The molecular formula is C12H24N4. The number of hydrogen-bond donors (Lipinski definition) is 1. The summed E-state index contributed by atoms with van der Waals surface area (Å²) in [5.41, 5.74) is 7.05. The summed E-state index contributed by atoms with van der Waals surface area (Å²) in [5, 5.41) is 4.20. The Labute approximate surface area is 98.4 Å². The van der Waals surface area contributed by atoms with E-state index in [0.717, 1.165) is 6.54 Å². The van der Waals surface area contributed by atoms with Gasteiger partial charge in [0.15, 0.2) is 0 Å². The lowest BCUT2D eigenvalue weighted by Gasteiger charge is -2.25. The van der Waals surface area contributed by atoms with Crippen molar-refractivity contribution < 1.29 is 0 Å². The summed E-state index contributed by atoms with van der Waals surface area (Å²) in [6.45, 7) is 3.97. The molecule has 1 rings (SSSR count). The largest absolute Gasteiger partial charge is 0.329 e. The summed E-state index contributed by atoms with van der Waals surface area (Å²) < 4.78 is 1.83. The van der Waals surface area contributed by atoms with Crippen molar-refractivity contribution in [2.24, 2.45) is 12.8 Å². The molecule has 0 saturated heterocycles. The SMILES string of the molecule is CCCCCN(C)C(CN)c1cnn(C)c1. The zero-order chi connectivity index (χ0) is 12.0. The Hall–Kier alpha value is -0.870. The molecule has 1 aromatic heterocycles. The van der Waals surface area contributed by atoms with E-state index in [-0.39, 0.29) is 0 Å². The average Bonchev–Trinajstić information content (AvgIpc) is 2.66. The van der Waals surface area contributed by atoms with Crippen molar-refractivity contribution in [1.29, 1.82) is 0 Å². The van der Waals surface area contributed by atoms with Crippen molar-refractivity contribution in [3.63, 3.8) is 0 Å². The molecule has 0 aliphatic carbocycles. The standard InChI is InChI=1S/C12H24N4/c1-4-5-6-7-15(2)12(8-13)11-9-14-16(3)10-11/h9-10,12H,4-8,13H2,1-3H3. The smallest absolute Gasteiger partial charge is 0.0538 e. The Morgan fingerprint density at radius 1 is 1.50 bits per heavy atom. The summed E-state index contributed by atoms with van der Waals surface area (Å²) in [5.74, 6) is 0. The van der Waals surface area contributed by atoms with Crippen LogP contribution in [0.4, 0.5) is 0 Å². The van der Waals surface area contributed by atoms with Crippen molar-refractivity contribution in [3.05, 3.63) is 18.0 Å². The Balaban J connectivity index is 2.53. The van der Waals surface area contributed by atoms with E-state index in [1.165, 1.54) is 24.8 Å². The van der Waals surface area contributed by atoms with Gasteiger partial charge in [-0.05, 0) is 20.0 Å². The van der Waals surface area contributed by atoms with Crippen LogP contribution in [0.25, 0.3) is 0 Å². The molecule has 92 valence electrons. The van der Waals surface area contributed by atoms with Gasteiger partial charge in [-0.15, -0.1) is 0 Å². The zero-order valence-corrected chi connectivity index (χ0v) is 10.7. The van der Waals surface area contributed by atoms with Crippen LogP contribution in [0.1, 0.15) is 37.8 Å². The van der Waals surface area contributed by atoms with Crippen LogP contribution in [-0.2, 0) is 7.05 Å². The fourth-order valence-corrected chi connectivity index (χ4v) is 1.95. The van der Waals surface area contributed by atoms with E-state index >= 15 is 0 Å². The number of unbranched alkanes of at least 4 members (excludes halogenated alkanes) is 2. The summed E-state index contributed by atoms with van der Waals surface area (Å²) in [6, 6.07) is 0.297. The first kappa shape index (κ1) is 13.2. The predicted molar refractivity (Wildman–Crippen MR) is 67.2 cm³/mol. The van der Waals surface area contributed by atoms with Crippen LogP contribution >= 0.6 is 0 Å². The molecule has 0 amide bonds. The lowest BCUT2D eigenvalue weighted by Crippen LogP contribution is -2.31. The lowest BCUT2D eigenvalue weighted by molar-refractivity contribution is 0.245. The van der Waals surface area contributed by atoms with Crippen LogP contribution in [-0.4, -0.2) is 34.8 Å². The molecule has 1 heterocycles. The van der Waals surface area contributed by atoms with E-state index in [0.29, 0.717) is 12.6 Å². The number of aromatic nitrogens is 2. The maximum absolute atomic E-state index is 5.84. The molecule has 0 aliphatic rings. The van der Waals surface area contributed by atoms with Crippen molar-refractivity contribution in [2.45, 2.75) is 32.2 Å². The second kappa shape index (κ2) is 6.66. The number of rotatable bonds is 7. The van der Waals surface area contributed by atoms with Gasteiger partial charge in [0.2, 0.25) is 0 Å². The van der Waals surface area contributed by atoms with Gasteiger partial charge in [-0.1, -0.05) is 19.8 Å². The molecule has 0 bridgehead atoms. The normalized spacial score (nSPS) is 13.3. The first-order valence-corrected chi connectivity index (χ1v) is 6.07. The predicted octanol–water partition coefficient (Wildman–Crippen LogP) is 1.54. The first-order valence-electron chi connectivity index (χ1n) is 6.07. The van der Waals surface area contributed by atoms with E-state index < -0.39 is 0 Å². The third-order valence-corrected chi connectivity index (χ3v) is 2.98. The summed E-state index contributed by atoms with van der Waals surface area (Å²) in [4.78, 5) is 2.33. The minimum Gasteiger partial charge on any atom is -0.329 e.